The molecular weight excluding hydrogens is 308 g/mol. The number of benzene rings is 1. The lowest BCUT2D eigenvalue weighted by atomic mass is 10.2. The Morgan fingerprint density at radius 2 is 1.83 bits per heavy atom. The summed E-state index contributed by atoms with van der Waals surface area (Å²) in [6.45, 7) is 7.72. The SMILES string of the molecule is CCOC(=O)/C(C#N)=C/NNC(=O)c1ccc(N(CC)CC)cc1. The van der Waals surface area contributed by atoms with Gasteiger partial charge in [0.1, 0.15) is 6.07 Å². The zero-order valence-corrected chi connectivity index (χ0v) is 14.1. The number of ether oxygens (including phenoxy) is 1. The Balaban J connectivity index is 2.65. The van der Waals surface area contributed by atoms with E-state index in [1.807, 2.05) is 12.1 Å². The number of amides is 1. The summed E-state index contributed by atoms with van der Waals surface area (Å²) in [6, 6.07) is 8.87. The summed E-state index contributed by atoms with van der Waals surface area (Å²) in [5.41, 5.74) is 6.11. The molecule has 0 bridgehead atoms. The fourth-order valence-electron chi connectivity index (χ4n) is 2.00. The number of anilines is 1. The second-order valence-corrected chi connectivity index (χ2v) is 4.71. The zero-order chi connectivity index (χ0) is 17.9. The Labute approximate surface area is 141 Å². The molecule has 0 fully saturated rings. The third kappa shape index (κ3) is 5.32. The summed E-state index contributed by atoms with van der Waals surface area (Å²) in [7, 11) is 0. The van der Waals surface area contributed by atoms with E-state index in [4.69, 9.17) is 10.00 Å². The normalized spacial score (nSPS) is 10.5. The highest BCUT2D eigenvalue weighted by Gasteiger charge is 2.10. The smallest absolute Gasteiger partial charge is 0.350 e. The molecule has 0 aromatic heterocycles. The van der Waals surface area contributed by atoms with Gasteiger partial charge in [0.2, 0.25) is 0 Å². The first-order valence-electron chi connectivity index (χ1n) is 7.75. The van der Waals surface area contributed by atoms with Crippen LogP contribution >= 0.6 is 0 Å². The summed E-state index contributed by atoms with van der Waals surface area (Å²) in [5.74, 6) is -1.12. The van der Waals surface area contributed by atoms with Gasteiger partial charge in [-0.3, -0.25) is 10.2 Å². The van der Waals surface area contributed by atoms with Gasteiger partial charge in [0.15, 0.2) is 5.57 Å². The number of hydrazine groups is 1. The van der Waals surface area contributed by atoms with Crippen LogP contribution < -0.4 is 15.8 Å². The fraction of sp³-hybridized carbons (Fsp3) is 0.353. The first-order valence-corrected chi connectivity index (χ1v) is 7.75. The summed E-state index contributed by atoms with van der Waals surface area (Å²) < 4.78 is 4.71. The van der Waals surface area contributed by atoms with Gasteiger partial charge >= 0.3 is 5.97 Å². The van der Waals surface area contributed by atoms with Crippen molar-refractivity contribution in [2.45, 2.75) is 20.8 Å². The highest BCUT2D eigenvalue weighted by Crippen LogP contribution is 2.14. The Bertz CT molecular complexity index is 628. The van der Waals surface area contributed by atoms with Crippen LogP contribution in [0.3, 0.4) is 0 Å². The minimum Gasteiger partial charge on any atom is -0.462 e. The standard InChI is InChI=1S/C17H22N4O3/c1-4-21(5-2)15-9-7-13(8-10-15)16(22)20-19-12-14(11-18)17(23)24-6-3/h7-10,12,19H,4-6H2,1-3H3,(H,20,22)/b14-12+. The molecule has 0 saturated carbocycles. The number of nitrogens with zero attached hydrogens (tertiary/aromatic N) is 2. The molecule has 7 heteroatoms. The Morgan fingerprint density at radius 3 is 2.33 bits per heavy atom. The van der Waals surface area contributed by atoms with Crippen LogP contribution in [0, 0.1) is 11.3 Å². The van der Waals surface area contributed by atoms with Crippen LogP contribution in [0.15, 0.2) is 36.0 Å². The van der Waals surface area contributed by atoms with E-state index >= 15 is 0 Å². The number of rotatable bonds is 8. The zero-order valence-electron chi connectivity index (χ0n) is 14.1. The molecule has 0 aliphatic carbocycles. The number of nitriles is 1. The second-order valence-electron chi connectivity index (χ2n) is 4.71. The van der Waals surface area contributed by atoms with Gasteiger partial charge < -0.3 is 15.1 Å². The predicted octanol–water partition coefficient (Wildman–Crippen LogP) is 1.74. The minimum atomic E-state index is -0.745. The van der Waals surface area contributed by atoms with Crippen molar-refractivity contribution in [3.63, 3.8) is 0 Å². The van der Waals surface area contributed by atoms with E-state index in [0.29, 0.717) is 5.56 Å². The van der Waals surface area contributed by atoms with Crippen molar-refractivity contribution in [1.29, 1.82) is 5.26 Å². The van der Waals surface area contributed by atoms with Crippen molar-refractivity contribution in [2.24, 2.45) is 0 Å². The molecular formula is C17H22N4O3. The van der Waals surface area contributed by atoms with Gasteiger partial charge in [0.05, 0.1) is 6.61 Å². The summed E-state index contributed by atoms with van der Waals surface area (Å²) >= 11 is 0. The first kappa shape index (κ1) is 19.0. The second kappa shape index (κ2) is 9.90. The maximum atomic E-state index is 12.0. The average molecular weight is 330 g/mol. The maximum Gasteiger partial charge on any atom is 0.350 e. The average Bonchev–Trinajstić information content (AvgIpc) is 2.60. The van der Waals surface area contributed by atoms with Gasteiger partial charge in [-0.05, 0) is 45.0 Å². The van der Waals surface area contributed by atoms with E-state index in [1.165, 1.54) is 0 Å². The molecule has 0 aliphatic heterocycles. The molecule has 7 nitrogen and oxygen atoms in total. The van der Waals surface area contributed by atoms with Crippen LogP contribution in [0.5, 0.6) is 0 Å². The van der Waals surface area contributed by atoms with Gasteiger partial charge in [0, 0.05) is 30.5 Å². The van der Waals surface area contributed by atoms with Crippen LogP contribution in [0.25, 0.3) is 0 Å². The number of esters is 1. The topological polar surface area (TPSA) is 94.5 Å². The molecule has 0 spiro atoms. The molecule has 0 unspecified atom stereocenters. The van der Waals surface area contributed by atoms with Gasteiger partial charge in [0.25, 0.3) is 5.91 Å². The Morgan fingerprint density at radius 1 is 1.21 bits per heavy atom. The van der Waals surface area contributed by atoms with Crippen LogP contribution in [-0.2, 0) is 9.53 Å². The molecule has 0 atom stereocenters. The molecule has 1 rings (SSSR count). The Hall–Kier alpha value is -3.01. The van der Waals surface area contributed by atoms with E-state index < -0.39 is 5.97 Å². The number of carbonyl (C=O) groups excluding carboxylic acids is 2. The fourth-order valence-corrected chi connectivity index (χ4v) is 2.00. The van der Waals surface area contributed by atoms with Crippen LogP contribution in [0.4, 0.5) is 5.69 Å². The number of nitrogens with one attached hydrogen (secondary N) is 2. The van der Waals surface area contributed by atoms with Crippen molar-refractivity contribution in [1.82, 2.24) is 10.9 Å². The molecule has 0 heterocycles. The Kier molecular flexibility index (Phi) is 7.85. The maximum absolute atomic E-state index is 12.0. The van der Waals surface area contributed by atoms with Crippen molar-refractivity contribution in [3.8, 4) is 6.07 Å². The van der Waals surface area contributed by atoms with Gasteiger partial charge in [-0.1, -0.05) is 0 Å². The van der Waals surface area contributed by atoms with Crippen molar-refractivity contribution in [2.75, 3.05) is 24.6 Å². The van der Waals surface area contributed by atoms with Crippen molar-refractivity contribution in [3.05, 3.63) is 41.6 Å². The molecule has 0 radical (unpaired) electrons. The summed E-state index contributed by atoms with van der Waals surface area (Å²) in [6.07, 6.45) is 1.10. The molecule has 1 amide bonds. The number of hydrogen-bond acceptors (Lipinski definition) is 6. The van der Waals surface area contributed by atoms with Crippen LogP contribution in [0.2, 0.25) is 0 Å². The molecule has 2 N–H and O–H groups in total. The molecule has 0 aliphatic rings. The minimum absolute atomic E-state index is 0.170. The van der Waals surface area contributed by atoms with Gasteiger partial charge in [-0.15, -0.1) is 0 Å². The quantitative estimate of drug-likeness (QED) is 0.326. The van der Waals surface area contributed by atoms with Gasteiger partial charge in [-0.2, -0.15) is 5.26 Å². The van der Waals surface area contributed by atoms with Crippen LogP contribution in [-0.4, -0.2) is 31.6 Å². The number of hydrogen-bond donors (Lipinski definition) is 2. The first-order chi connectivity index (χ1) is 11.6. The highest BCUT2D eigenvalue weighted by atomic mass is 16.5. The third-order valence-electron chi connectivity index (χ3n) is 3.28. The van der Waals surface area contributed by atoms with E-state index in [-0.39, 0.29) is 18.1 Å². The van der Waals surface area contributed by atoms with Crippen LogP contribution in [0.1, 0.15) is 31.1 Å². The van der Waals surface area contributed by atoms with E-state index in [1.54, 1.807) is 25.1 Å². The molecule has 1 aromatic carbocycles. The van der Waals surface area contributed by atoms with Gasteiger partial charge in [-0.25, -0.2) is 4.79 Å². The molecule has 24 heavy (non-hydrogen) atoms. The molecule has 128 valence electrons. The van der Waals surface area contributed by atoms with E-state index in [9.17, 15) is 9.59 Å². The largest absolute Gasteiger partial charge is 0.462 e. The van der Waals surface area contributed by atoms with E-state index in [2.05, 4.69) is 29.6 Å². The van der Waals surface area contributed by atoms with Crippen molar-refractivity contribution >= 4 is 17.6 Å². The van der Waals surface area contributed by atoms with Crippen molar-refractivity contribution < 1.29 is 14.3 Å². The summed E-state index contributed by atoms with van der Waals surface area (Å²) in [4.78, 5) is 25.6. The summed E-state index contributed by atoms with van der Waals surface area (Å²) in [5, 5.41) is 8.86. The highest BCUT2D eigenvalue weighted by molar-refractivity contribution is 5.95. The van der Waals surface area contributed by atoms with E-state index in [0.717, 1.165) is 25.0 Å². The monoisotopic (exact) mass is 330 g/mol. The lowest BCUT2D eigenvalue weighted by Gasteiger charge is -2.21. The number of carbonyl (C=O) groups is 2. The lowest BCUT2D eigenvalue weighted by Crippen LogP contribution is -2.34. The molecule has 1 aromatic rings. The predicted molar refractivity (Wildman–Crippen MR) is 90.9 cm³/mol. The lowest BCUT2D eigenvalue weighted by molar-refractivity contribution is -0.138. The third-order valence-corrected chi connectivity index (χ3v) is 3.28. The molecule has 0 saturated heterocycles.